The molecule has 37 heavy (non-hydrogen) atoms. The van der Waals surface area contributed by atoms with Gasteiger partial charge in [0.2, 0.25) is 0 Å². The van der Waals surface area contributed by atoms with Gasteiger partial charge < -0.3 is 19.3 Å². The fourth-order valence-corrected chi connectivity index (χ4v) is 5.85. The lowest BCUT2D eigenvalue weighted by molar-refractivity contribution is 0.0672. The number of aliphatic hydroxyl groups excluding tert-OH is 1. The molecule has 3 heterocycles. The standard InChI is InChI=1S/C31H34FNO4/c32-28-17-22-6-5-14-36-31(22)26-19-24(34)16-23-18-29(37-20-27(23)30(26)28)21-7-9-25(10-8-21)35-15-13-33-11-3-1-2-4-12-33/h6-10,16-17,19,29,34H,1-5,11-15,18,20H2. The maximum absolute atomic E-state index is 15.3. The molecule has 1 aliphatic carbocycles. The van der Waals surface area contributed by atoms with E-state index in [4.69, 9.17) is 14.2 Å². The molecule has 0 aromatic heterocycles. The number of allylic oxidation sites excluding steroid dienone is 1. The number of likely N-dealkylation sites (tertiary alicyclic amines) is 1. The molecule has 0 radical (unpaired) electrons. The first kappa shape index (κ1) is 24.3. The molecular weight excluding hydrogens is 469 g/mol. The Kier molecular flexibility index (Phi) is 7.03. The Bertz CT molecular complexity index is 1340. The van der Waals surface area contributed by atoms with Gasteiger partial charge in [0, 0.05) is 35.4 Å². The molecule has 2 saturated heterocycles. The molecule has 3 aliphatic heterocycles. The van der Waals surface area contributed by atoms with Crippen molar-refractivity contribution in [2.45, 2.75) is 44.6 Å². The fourth-order valence-electron chi connectivity index (χ4n) is 5.85. The number of aliphatic hydroxyl groups is 1. The van der Waals surface area contributed by atoms with Crippen LogP contribution in [0.5, 0.6) is 11.5 Å². The third-order valence-corrected chi connectivity index (χ3v) is 7.79. The maximum Gasteiger partial charge on any atom is 0.134 e. The van der Waals surface area contributed by atoms with Gasteiger partial charge in [0.1, 0.15) is 29.7 Å². The summed E-state index contributed by atoms with van der Waals surface area (Å²) in [5.41, 5.74) is 3.29. The minimum absolute atomic E-state index is 0.0991. The lowest BCUT2D eigenvalue weighted by Gasteiger charge is -2.28. The summed E-state index contributed by atoms with van der Waals surface area (Å²) in [4.78, 5) is 2.50. The number of halogens is 1. The van der Waals surface area contributed by atoms with Crippen LogP contribution in [0.15, 0.2) is 47.7 Å². The summed E-state index contributed by atoms with van der Waals surface area (Å²) in [5, 5.41) is 11.9. The Balaban J connectivity index is 1.18. The normalized spacial score (nSPS) is 21.6. The van der Waals surface area contributed by atoms with Crippen LogP contribution in [-0.2, 0) is 4.74 Å². The van der Waals surface area contributed by atoms with E-state index in [0.29, 0.717) is 36.2 Å². The molecule has 2 fully saturated rings. The van der Waals surface area contributed by atoms with Crippen molar-refractivity contribution in [1.29, 1.82) is 0 Å². The van der Waals surface area contributed by atoms with Crippen LogP contribution in [0, 0.1) is 5.82 Å². The van der Waals surface area contributed by atoms with Crippen LogP contribution in [0.4, 0.5) is 4.39 Å². The quantitative estimate of drug-likeness (QED) is 0.636. The number of nitrogens with zero attached hydrogens (tertiary/aromatic N) is 1. The lowest BCUT2D eigenvalue weighted by Crippen LogP contribution is -2.29. The fraction of sp³-hybridized carbons (Fsp3) is 0.419. The Hall–Kier alpha value is -3.09. The van der Waals surface area contributed by atoms with Crippen LogP contribution >= 0.6 is 0 Å². The molecule has 0 bridgehead atoms. The molecule has 6 rings (SSSR count). The van der Waals surface area contributed by atoms with E-state index in [1.54, 1.807) is 12.2 Å². The summed E-state index contributed by atoms with van der Waals surface area (Å²) in [6.45, 7) is 4.80. The summed E-state index contributed by atoms with van der Waals surface area (Å²) in [6.07, 6.45) is 11.7. The van der Waals surface area contributed by atoms with Crippen molar-refractivity contribution < 1.29 is 23.7 Å². The Morgan fingerprint density at radius 1 is 1.05 bits per heavy atom. The van der Waals surface area contributed by atoms with Gasteiger partial charge in [0.15, 0.2) is 0 Å². The van der Waals surface area contributed by atoms with Crippen LogP contribution in [-0.4, -0.2) is 49.5 Å². The molecule has 5 nitrogen and oxygen atoms in total. The van der Waals surface area contributed by atoms with Crippen molar-refractivity contribution in [3.63, 3.8) is 0 Å². The number of hydrogen-bond donors (Lipinski definition) is 1. The highest BCUT2D eigenvalue weighted by atomic mass is 19.1. The van der Waals surface area contributed by atoms with Gasteiger partial charge >= 0.3 is 0 Å². The highest BCUT2D eigenvalue weighted by Crippen LogP contribution is 2.37. The summed E-state index contributed by atoms with van der Waals surface area (Å²) < 4.78 is 33.5. The van der Waals surface area contributed by atoms with Crippen molar-refractivity contribution in [3.05, 3.63) is 75.1 Å². The molecular formula is C31H34FNO4. The highest BCUT2D eigenvalue weighted by Gasteiger charge is 2.28. The van der Waals surface area contributed by atoms with Gasteiger partial charge in [-0.05, 0) is 73.0 Å². The third kappa shape index (κ3) is 5.18. The van der Waals surface area contributed by atoms with Crippen LogP contribution in [0.2, 0.25) is 0 Å². The van der Waals surface area contributed by atoms with Crippen LogP contribution in [0.25, 0.3) is 17.7 Å². The van der Waals surface area contributed by atoms with Crippen molar-refractivity contribution in [2.24, 2.45) is 0 Å². The molecule has 2 aromatic carbocycles. The first-order chi connectivity index (χ1) is 18.2. The summed E-state index contributed by atoms with van der Waals surface area (Å²) in [6, 6.07) is 9.60. The first-order valence-corrected chi connectivity index (χ1v) is 13.5. The van der Waals surface area contributed by atoms with E-state index in [1.165, 1.54) is 44.8 Å². The largest absolute Gasteiger partial charge is 0.508 e. The monoisotopic (exact) mass is 503 g/mol. The van der Waals surface area contributed by atoms with E-state index >= 15 is 4.39 Å². The van der Waals surface area contributed by atoms with Gasteiger partial charge in [0.25, 0.3) is 0 Å². The molecule has 1 unspecified atom stereocenters. The van der Waals surface area contributed by atoms with Gasteiger partial charge in [-0.15, -0.1) is 0 Å². The van der Waals surface area contributed by atoms with Gasteiger partial charge in [0.05, 0.1) is 19.3 Å². The van der Waals surface area contributed by atoms with E-state index < -0.39 is 0 Å². The van der Waals surface area contributed by atoms with Gasteiger partial charge in [-0.2, -0.15) is 0 Å². The zero-order chi connectivity index (χ0) is 25.2. The first-order valence-electron chi connectivity index (χ1n) is 13.5. The molecule has 4 aliphatic rings. The molecule has 0 saturated carbocycles. The van der Waals surface area contributed by atoms with E-state index in [2.05, 4.69) is 4.90 Å². The van der Waals surface area contributed by atoms with E-state index in [1.807, 2.05) is 30.3 Å². The average molecular weight is 504 g/mol. The molecule has 0 spiro atoms. The molecule has 1 N–H and O–H groups in total. The minimum atomic E-state index is -0.314. The van der Waals surface area contributed by atoms with Gasteiger partial charge in [-0.1, -0.05) is 31.1 Å². The average Bonchev–Trinajstić information content (AvgIpc) is 3.26. The number of ether oxygens (including phenoxy) is 3. The van der Waals surface area contributed by atoms with E-state index in [0.717, 1.165) is 40.6 Å². The highest BCUT2D eigenvalue weighted by molar-refractivity contribution is 5.77. The van der Waals surface area contributed by atoms with Crippen molar-refractivity contribution in [2.75, 3.05) is 39.5 Å². The lowest BCUT2D eigenvalue weighted by atomic mass is 9.91. The van der Waals surface area contributed by atoms with Gasteiger partial charge in [-0.25, -0.2) is 4.39 Å². The second-order valence-corrected chi connectivity index (χ2v) is 10.3. The van der Waals surface area contributed by atoms with Crippen LogP contribution in [0.3, 0.4) is 0 Å². The Labute approximate surface area is 217 Å². The zero-order valence-electron chi connectivity index (χ0n) is 21.2. The zero-order valence-corrected chi connectivity index (χ0v) is 21.2. The third-order valence-electron chi connectivity index (χ3n) is 7.79. The Morgan fingerprint density at radius 2 is 1.86 bits per heavy atom. The second-order valence-electron chi connectivity index (χ2n) is 10.3. The molecule has 0 amide bonds. The number of benzene rings is 2. The van der Waals surface area contributed by atoms with Crippen molar-refractivity contribution in [1.82, 2.24) is 4.90 Å². The summed E-state index contributed by atoms with van der Waals surface area (Å²) in [5.74, 6) is 1.27. The second kappa shape index (κ2) is 10.7. The minimum Gasteiger partial charge on any atom is -0.508 e. The number of fused-ring (bicyclic) bond motifs is 4. The van der Waals surface area contributed by atoms with Crippen LogP contribution in [0.1, 0.15) is 55.8 Å². The number of hydrogen-bond acceptors (Lipinski definition) is 5. The predicted molar refractivity (Wildman–Crippen MR) is 142 cm³/mol. The molecule has 6 heteroatoms. The van der Waals surface area contributed by atoms with Crippen LogP contribution < -0.4 is 19.9 Å². The summed E-state index contributed by atoms with van der Waals surface area (Å²) in [7, 11) is 0. The van der Waals surface area contributed by atoms with E-state index in [-0.39, 0.29) is 24.3 Å². The number of rotatable bonds is 5. The Morgan fingerprint density at radius 3 is 2.68 bits per heavy atom. The molecule has 194 valence electrons. The maximum atomic E-state index is 15.3. The van der Waals surface area contributed by atoms with E-state index in [9.17, 15) is 5.11 Å². The molecule has 1 atom stereocenters. The SMILES string of the molecule is OC1=Cc2c3c(cc(F)c2=C2COC(c4ccc(OCCN5CCCCCC5)cc4)CC2=C1)=CCCO3. The predicted octanol–water partition coefficient (Wildman–Crippen LogP) is 4.79. The van der Waals surface area contributed by atoms with Crippen molar-refractivity contribution >= 4 is 17.7 Å². The summed E-state index contributed by atoms with van der Waals surface area (Å²) >= 11 is 0. The van der Waals surface area contributed by atoms with Crippen molar-refractivity contribution in [3.8, 4) is 11.5 Å². The smallest absolute Gasteiger partial charge is 0.134 e. The molecule has 2 aromatic rings. The van der Waals surface area contributed by atoms with Gasteiger partial charge in [-0.3, -0.25) is 4.90 Å². The topological polar surface area (TPSA) is 51.2 Å².